The van der Waals surface area contributed by atoms with Crippen LogP contribution < -0.4 is 15.4 Å². The molecule has 3 heteroatoms. The Morgan fingerprint density at radius 2 is 1.68 bits per heavy atom. The lowest BCUT2D eigenvalue weighted by Gasteiger charge is -2.18. The minimum absolute atomic E-state index is 0.163. The first-order valence-corrected chi connectivity index (χ1v) is 6.46. The SMILES string of the molecule is COc1ccccc1NC(C)NCc1ccccc1. The summed E-state index contributed by atoms with van der Waals surface area (Å²) in [5.41, 5.74) is 2.27. The third-order valence-corrected chi connectivity index (χ3v) is 2.93. The number of methoxy groups -OCH3 is 1. The third kappa shape index (κ3) is 4.00. The summed E-state index contributed by atoms with van der Waals surface area (Å²) in [6.45, 7) is 2.93. The number of ether oxygens (including phenoxy) is 1. The smallest absolute Gasteiger partial charge is 0.141 e. The molecule has 0 spiro atoms. The molecule has 3 nitrogen and oxygen atoms in total. The number of rotatable bonds is 6. The first-order chi connectivity index (χ1) is 9.29. The van der Waals surface area contributed by atoms with Gasteiger partial charge in [0, 0.05) is 6.54 Å². The molecule has 0 aliphatic heterocycles. The highest BCUT2D eigenvalue weighted by Crippen LogP contribution is 2.23. The van der Waals surface area contributed by atoms with Gasteiger partial charge in [0.2, 0.25) is 0 Å². The summed E-state index contributed by atoms with van der Waals surface area (Å²) in [5.74, 6) is 0.857. The summed E-state index contributed by atoms with van der Waals surface area (Å²) in [6.07, 6.45) is 0.163. The van der Waals surface area contributed by atoms with Gasteiger partial charge < -0.3 is 10.1 Å². The van der Waals surface area contributed by atoms with E-state index in [1.807, 2.05) is 30.3 Å². The van der Waals surface area contributed by atoms with Crippen molar-refractivity contribution in [2.24, 2.45) is 0 Å². The molecule has 0 heterocycles. The van der Waals surface area contributed by atoms with Crippen LogP contribution in [0.3, 0.4) is 0 Å². The fourth-order valence-electron chi connectivity index (χ4n) is 1.91. The Hall–Kier alpha value is -2.00. The van der Waals surface area contributed by atoms with Crippen molar-refractivity contribution in [3.05, 3.63) is 60.2 Å². The number of hydrogen-bond donors (Lipinski definition) is 2. The predicted octanol–water partition coefficient (Wildman–Crippen LogP) is 3.24. The predicted molar refractivity (Wildman–Crippen MR) is 79.4 cm³/mol. The summed E-state index contributed by atoms with van der Waals surface area (Å²) in [7, 11) is 1.68. The zero-order valence-electron chi connectivity index (χ0n) is 11.4. The molecule has 0 amide bonds. The number of para-hydroxylation sites is 2. The largest absolute Gasteiger partial charge is 0.495 e. The van der Waals surface area contributed by atoms with Crippen LogP contribution in [0.15, 0.2) is 54.6 Å². The number of nitrogens with one attached hydrogen (secondary N) is 2. The third-order valence-electron chi connectivity index (χ3n) is 2.93. The Bertz CT molecular complexity index is 499. The minimum atomic E-state index is 0.163. The van der Waals surface area contributed by atoms with E-state index in [4.69, 9.17) is 4.74 Å². The van der Waals surface area contributed by atoms with E-state index in [9.17, 15) is 0 Å². The second-order valence-electron chi connectivity index (χ2n) is 4.43. The Balaban J connectivity index is 1.89. The quantitative estimate of drug-likeness (QED) is 0.778. The summed E-state index contributed by atoms with van der Waals surface area (Å²) < 4.78 is 5.32. The van der Waals surface area contributed by atoms with Crippen molar-refractivity contribution >= 4 is 5.69 Å². The van der Waals surface area contributed by atoms with Crippen molar-refractivity contribution < 1.29 is 4.74 Å². The molecule has 2 rings (SSSR count). The molecule has 2 aromatic rings. The molecule has 0 fully saturated rings. The van der Waals surface area contributed by atoms with Gasteiger partial charge in [-0.05, 0) is 24.6 Å². The maximum Gasteiger partial charge on any atom is 0.141 e. The number of hydrogen-bond acceptors (Lipinski definition) is 3. The second kappa shape index (κ2) is 6.81. The van der Waals surface area contributed by atoms with E-state index < -0.39 is 0 Å². The van der Waals surface area contributed by atoms with Crippen LogP contribution in [0.1, 0.15) is 12.5 Å². The van der Waals surface area contributed by atoms with Crippen molar-refractivity contribution in [3.63, 3.8) is 0 Å². The van der Waals surface area contributed by atoms with Gasteiger partial charge in [-0.1, -0.05) is 42.5 Å². The van der Waals surface area contributed by atoms with Crippen LogP contribution in [-0.4, -0.2) is 13.3 Å². The van der Waals surface area contributed by atoms with Crippen LogP contribution in [0.25, 0.3) is 0 Å². The van der Waals surface area contributed by atoms with Gasteiger partial charge >= 0.3 is 0 Å². The maximum atomic E-state index is 5.32. The Kier molecular flexibility index (Phi) is 4.81. The molecule has 0 saturated heterocycles. The van der Waals surface area contributed by atoms with Crippen LogP contribution in [0.5, 0.6) is 5.75 Å². The average molecular weight is 256 g/mol. The Morgan fingerprint density at radius 3 is 2.42 bits per heavy atom. The molecule has 19 heavy (non-hydrogen) atoms. The molecule has 0 radical (unpaired) electrons. The van der Waals surface area contributed by atoms with E-state index in [2.05, 4.69) is 41.8 Å². The maximum absolute atomic E-state index is 5.32. The van der Waals surface area contributed by atoms with Gasteiger partial charge in [-0.3, -0.25) is 5.32 Å². The second-order valence-corrected chi connectivity index (χ2v) is 4.43. The lowest BCUT2D eigenvalue weighted by atomic mass is 10.2. The molecule has 0 saturated carbocycles. The highest BCUT2D eigenvalue weighted by molar-refractivity contribution is 5.56. The van der Waals surface area contributed by atoms with Crippen LogP contribution in [-0.2, 0) is 6.54 Å². The zero-order chi connectivity index (χ0) is 13.5. The first kappa shape index (κ1) is 13.4. The van der Waals surface area contributed by atoms with Crippen LogP contribution in [0.4, 0.5) is 5.69 Å². The van der Waals surface area contributed by atoms with Crippen LogP contribution >= 0.6 is 0 Å². The van der Waals surface area contributed by atoms with E-state index in [0.29, 0.717) is 0 Å². The van der Waals surface area contributed by atoms with Gasteiger partial charge in [-0.15, -0.1) is 0 Å². The normalized spacial score (nSPS) is 11.9. The summed E-state index contributed by atoms with van der Waals surface area (Å²) in [6, 6.07) is 18.3. The molecular formula is C16H20N2O. The summed E-state index contributed by atoms with van der Waals surface area (Å²) >= 11 is 0. The number of benzene rings is 2. The molecule has 1 atom stereocenters. The fourth-order valence-corrected chi connectivity index (χ4v) is 1.91. The van der Waals surface area contributed by atoms with Gasteiger partial charge in [0.1, 0.15) is 5.75 Å². The van der Waals surface area contributed by atoms with Gasteiger partial charge in [0.25, 0.3) is 0 Å². The van der Waals surface area contributed by atoms with Crippen molar-refractivity contribution in [2.45, 2.75) is 19.6 Å². The highest BCUT2D eigenvalue weighted by atomic mass is 16.5. The molecule has 100 valence electrons. The van der Waals surface area contributed by atoms with E-state index in [1.54, 1.807) is 7.11 Å². The summed E-state index contributed by atoms with van der Waals surface area (Å²) in [5, 5.41) is 6.83. The standard InChI is InChI=1S/C16H20N2O/c1-13(17-12-14-8-4-3-5-9-14)18-15-10-6-7-11-16(15)19-2/h3-11,13,17-18H,12H2,1-2H3. The Labute approximate surface area is 114 Å². The summed E-state index contributed by atoms with van der Waals surface area (Å²) in [4.78, 5) is 0. The Morgan fingerprint density at radius 1 is 1.00 bits per heavy atom. The molecule has 2 aromatic carbocycles. The lowest BCUT2D eigenvalue weighted by Crippen LogP contribution is -2.32. The van der Waals surface area contributed by atoms with Crippen LogP contribution in [0.2, 0.25) is 0 Å². The molecule has 1 unspecified atom stereocenters. The molecular weight excluding hydrogens is 236 g/mol. The van der Waals surface area contributed by atoms with E-state index in [0.717, 1.165) is 18.0 Å². The van der Waals surface area contributed by atoms with Gasteiger partial charge in [-0.2, -0.15) is 0 Å². The van der Waals surface area contributed by atoms with Gasteiger partial charge in [-0.25, -0.2) is 0 Å². The van der Waals surface area contributed by atoms with Crippen LogP contribution in [0, 0.1) is 0 Å². The highest BCUT2D eigenvalue weighted by Gasteiger charge is 2.05. The van der Waals surface area contributed by atoms with Crippen molar-refractivity contribution in [1.82, 2.24) is 5.32 Å². The van der Waals surface area contributed by atoms with E-state index in [-0.39, 0.29) is 6.17 Å². The topological polar surface area (TPSA) is 33.3 Å². The molecule has 2 N–H and O–H groups in total. The molecule has 0 aliphatic rings. The van der Waals surface area contributed by atoms with Crippen molar-refractivity contribution in [1.29, 1.82) is 0 Å². The fraction of sp³-hybridized carbons (Fsp3) is 0.250. The molecule has 0 aromatic heterocycles. The molecule has 0 bridgehead atoms. The monoisotopic (exact) mass is 256 g/mol. The number of anilines is 1. The van der Waals surface area contributed by atoms with Crippen molar-refractivity contribution in [3.8, 4) is 5.75 Å². The first-order valence-electron chi connectivity index (χ1n) is 6.46. The van der Waals surface area contributed by atoms with Gasteiger partial charge in [0.15, 0.2) is 0 Å². The lowest BCUT2D eigenvalue weighted by molar-refractivity contribution is 0.415. The van der Waals surface area contributed by atoms with Crippen molar-refractivity contribution in [2.75, 3.05) is 12.4 Å². The minimum Gasteiger partial charge on any atom is -0.495 e. The van der Waals surface area contributed by atoms with E-state index >= 15 is 0 Å². The van der Waals surface area contributed by atoms with E-state index in [1.165, 1.54) is 5.56 Å². The van der Waals surface area contributed by atoms with Gasteiger partial charge in [0.05, 0.1) is 19.0 Å². The molecule has 0 aliphatic carbocycles. The zero-order valence-corrected chi connectivity index (χ0v) is 11.4. The average Bonchev–Trinajstić information content (AvgIpc) is 2.47.